The van der Waals surface area contributed by atoms with Crippen molar-refractivity contribution in [2.45, 2.75) is 37.5 Å². The maximum Gasteiger partial charge on any atom is 0.213 e. The predicted octanol–water partition coefficient (Wildman–Crippen LogP) is 0.464. The highest BCUT2D eigenvalue weighted by molar-refractivity contribution is 7.89. The van der Waals surface area contributed by atoms with Gasteiger partial charge in [0.1, 0.15) is 0 Å². The van der Waals surface area contributed by atoms with Crippen LogP contribution in [-0.2, 0) is 14.8 Å². The lowest BCUT2D eigenvalue weighted by Crippen LogP contribution is -2.42. The van der Waals surface area contributed by atoms with Gasteiger partial charge >= 0.3 is 0 Å². The van der Waals surface area contributed by atoms with Gasteiger partial charge in [-0.2, -0.15) is 0 Å². The van der Waals surface area contributed by atoms with Crippen LogP contribution in [0, 0.1) is 0 Å². The van der Waals surface area contributed by atoms with Gasteiger partial charge in [-0.05, 0) is 19.3 Å². The van der Waals surface area contributed by atoms with Gasteiger partial charge in [-0.25, -0.2) is 13.1 Å². The van der Waals surface area contributed by atoms with E-state index in [0.29, 0.717) is 0 Å². The van der Waals surface area contributed by atoms with Crippen LogP contribution >= 0.6 is 11.6 Å². The van der Waals surface area contributed by atoms with Crippen molar-refractivity contribution in [2.75, 3.05) is 11.6 Å². The summed E-state index contributed by atoms with van der Waals surface area (Å²) < 4.78 is 31.0. The average molecular weight is 240 g/mol. The molecule has 2 rings (SSSR count). The van der Waals surface area contributed by atoms with Crippen LogP contribution in [-0.4, -0.2) is 38.3 Å². The van der Waals surface area contributed by atoms with E-state index in [-0.39, 0.29) is 29.9 Å². The highest BCUT2D eigenvalue weighted by Gasteiger charge is 2.42. The molecule has 0 aliphatic carbocycles. The number of fused-ring (bicyclic) bond motifs is 2. The first-order valence-electron chi connectivity index (χ1n) is 4.82. The smallest absolute Gasteiger partial charge is 0.213 e. The first-order valence-corrected chi connectivity index (χ1v) is 7.01. The molecule has 2 bridgehead atoms. The van der Waals surface area contributed by atoms with Gasteiger partial charge in [0, 0.05) is 5.88 Å². The predicted molar refractivity (Wildman–Crippen MR) is 53.9 cm³/mol. The second-order valence-electron chi connectivity index (χ2n) is 3.84. The zero-order valence-corrected chi connectivity index (χ0v) is 9.35. The molecule has 0 saturated carbocycles. The molecule has 0 aromatic carbocycles. The highest BCUT2D eigenvalue weighted by atomic mass is 35.5. The Labute approximate surface area is 89.0 Å². The molecule has 4 nitrogen and oxygen atoms in total. The molecule has 0 radical (unpaired) electrons. The van der Waals surface area contributed by atoms with Gasteiger partial charge in [-0.3, -0.25) is 0 Å². The van der Waals surface area contributed by atoms with E-state index in [4.69, 9.17) is 16.3 Å². The topological polar surface area (TPSA) is 55.4 Å². The van der Waals surface area contributed by atoms with E-state index in [1.165, 1.54) is 0 Å². The van der Waals surface area contributed by atoms with Crippen LogP contribution in [0.3, 0.4) is 0 Å². The summed E-state index contributed by atoms with van der Waals surface area (Å²) in [6, 6.07) is -0.0260. The number of halogens is 1. The highest BCUT2D eigenvalue weighted by Crippen LogP contribution is 2.34. The van der Waals surface area contributed by atoms with E-state index in [2.05, 4.69) is 4.72 Å². The molecule has 0 amide bonds. The molecule has 2 saturated heterocycles. The third-order valence-electron chi connectivity index (χ3n) is 2.78. The number of rotatable bonds is 4. The summed E-state index contributed by atoms with van der Waals surface area (Å²) in [5.74, 6) is 0.124. The fraction of sp³-hybridized carbons (Fsp3) is 1.00. The number of alkyl halides is 1. The average Bonchev–Trinajstić information content (AvgIpc) is 2.63. The fourth-order valence-electron chi connectivity index (χ4n) is 2.15. The van der Waals surface area contributed by atoms with E-state index in [1.807, 2.05) is 0 Å². The molecule has 14 heavy (non-hydrogen) atoms. The first kappa shape index (κ1) is 10.7. The molecule has 2 aliphatic heterocycles. The Hall–Kier alpha value is 0.160. The van der Waals surface area contributed by atoms with Gasteiger partial charge in [-0.15, -0.1) is 11.6 Å². The number of hydrogen-bond donors (Lipinski definition) is 1. The fourth-order valence-corrected chi connectivity index (χ4v) is 3.79. The maximum atomic E-state index is 11.4. The van der Waals surface area contributed by atoms with Crippen molar-refractivity contribution >= 4 is 21.6 Å². The van der Waals surface area contributed by atoms with E-state index in [0.717, 1.165) is 19.3 Å². The number of ether oxygens (including phenoxy) is 1. The van der Waals surface area contributed by atoms with Crippen LogP contribution in [0.1, 0.15) is 19.3 Å². The molecule has 0 aromatic rings. The minimum Gasteiger partial charge on any atom is -0.373 e. The van der Waals surface area contributed by atoms with Crippen LogP contribution in [0.4, 0.5) is 0 Å². The van der Waals surface area contributed by atoms with Crippen molar-refractivity contribution in [1.82, 2.24) is 4.72 Å². The van der Waals surface area contributed by atoms with Gasteiger partial charge in [0.25, 0.3) is 0 Å². The van der Waals surface area contributed by atoms with E-state index in [1.54, 1.807) is 0 Å². The molecule has 82 valence electrons. The van der Waals surface area contributed by atoms with Crippen molar-refractivity contribution in [3.8, 4) is 0 Å². The minimum absolute atomic E-state index is 0.0115. The Balaban J connectivity index is 1.92. The van der Waals surface area contributed by atoms with Crippen molar-refractivity contribution in [1.29, 1.82) is 0 Å². The lowest BCUT2D eigenvalue weighted by molar-refractivity contribution is 0.0996. The number of sulfonamides is 1. The maximum absolute atomic E-state index is 11.4. The second-order valence-corrected chi connectivity index (χ2v) is 6.09. The Bertz CT molecular complexity index is 306. The van der Waals surface area contributed by atoms with E-state index < -0.39 is 10.0 Å². The zero-order valence-electron chi connectivity index (χ0n) is 7.78. The lowest BCUT2D eigenvalue weighted by Gasteiger charge is -2.19. The standard InChI is InChI=1S/C8H14ClNO3S/c9-3-4-14(11,12)10-7-5-6-1-2-8(7)13-6/h6-8,10H,1-5H2. The minimum atomic E-state index is -3.20. The summed E-state index contributed by atoms with van der Waals surface area (Å²) in [6.45, 7) is 0. The molecule has 3 unspecified atom stereocenters. The molecule has 2 aliphatic rings. The largest absolute Gasteiger partial charge is 0.373 e. The molecular weight excluding hydrogens is 226 g/mol. The monoisotopic (exact) mass is 239 g/mol. The van der Waals surface area contributed by atoms with Gasteiger partial charge < -0.3 is 4.74 Å². The lowest BCUT2D eigenvalue weighted by atomic mass is 9.96. The Morgan fingerprint density at radius 1 is 1.43 bits per heavy atom. The molecule has 0 spiro atoms. The SMILES string of the molecule is O=S(=O)(CCCl)NC1CC2CCC1O2. The number of hydrogen-bond acceptors (Lipinski definition) is 3. The van der Waals surface area contributed by atoms with Crippen LogP contribution in [0.2, 0.25) is 0 Å². The zero-order chi connectivity index (χ0) is 10.2. The third-order valence-corrected chi connectivity index (χ3v) is 4.60. The molecule has 1 N–H and O–H groups in total. The molecule has 0 aromatic heterocycles. The van der Waals surface area contributed by atoms with Crippen molar-refractivity contribution in [3.63, 3.8) is 0 Å². The third kappa shape index (κ3) is 2.21. The van der Waals surface area contributed by atoms with Gasteiger partial charge in [0.05, 0.1) is 24.0 Å². The molecule has 2 fully saturated rings. The summed E-state index contributed by atoms with van der Waals surface area (Å²) in [5.41, 5.74) is 0. The van der Waals surface area contributed by atoms with Crippen LogP contribution in [0.15, 0.2) is 0 Å². The van der Waals surface area contributed by atoms with Crippen LogP contribution in [0.25, 0.3) is 0 Å². The summed E-state index contributed by atoms with van der Waals surface area (Å²) in [7, 11) is -3.20. The summed E-state index contributed by atoms with van der Waals surface area (Å²) >= 11 is 5.40. The molecule has 2 heterocycles. The molecular formula is C8H14ClNO3S. The first-order chi connectivity index (χ1) is 6.61. The Kier molecular flexibility index (Phi) is 3.02. The van der Waals surface area contributed by atoms with E-state index >= 15 is 0 Å². The van der Waals surface area contributed by atoms with Gasteiger partial charge in [-0.1, -0.05) is 0 Å². The van der Waals surface area contributed by atoms with Crippen LogP contribution < -0.4 is 4.72 Å². The second kappa shape index (κ2) is 3.96. The Morgan fingerprint density at radius 3 is 2.71 bits per heavy atom. The van der Waals surface area contributed by atoms with Gasteiger partial charge in [0.2, 0.25) is 10.0 Å². The Morgan fingerprint density at radius 2 is 2.21 bits per heavy atom. The summed E-state index contributed by atoms with van der Waals surface area (Å²) in [6.07, 6.45) is 3.21. The number of nitrogens with one attached hydrogen (secondary N) is 1. The normalized spacial score (nSPS) is 36.5. The summed E-state index contributed by atoms with van der Waals surface area (Å²) in [5, 5.41) is 0. The van der Waals surface area contributed by atoms with Crippen molar-refractivity contribution in [2.24, 2.45) is 0 Å². The quantitative estimate of drug-likeness (QED) is 0.726. The van der Waals surface area contributed by atoms with E-state index in [9.17, 15) is 8.42 Å². The molecule has 6 heteroatoms. The van der Waals surface area contributed by atoms with Crippen molar-refractivity contribution < 1.29 is 13.2 Å². The van der Waals surface area contributed by atoms with Gasteiger partial charge in [0.15, 0.2) is 0 Å². The molecule has 3 atom stereocenters. The van der Waals surface area contributed by atoms with Crippen molar-refractivity contribution in [3.05, 3.63) is 0 Å². The summed E-state index contributed by atoms with van der Waals surface area (Å²) in [4.78, 5) is 0. The van der Waals surface area contributed by atoms with Crippen LogP contribution in [0.5, 0.6) is 0 Å².